The highest BCUT2D eigenvalue weighted by Gasteiger charge is 2.21. The molecule has 0 unspecified atom stereocenters. The van der Waals surface area contributed by atoms with Gasteiger partial charge in [-0.15, -0.1) is 0 Å². The number of rotatable bonds is 8. The lowest BCUT2D eigenvalue weighted by molar-refractivity contribution is 0.00703. The summed E-state index contributed by atoms with van der Waals surface area (Å²) in [6.07, 6.45) is 4.54. The Labute approximate surface area is 190 Å². The highest BCUT2D eigenvalue weighted by atomic mass is 16.6. The zero-order valence-corrected chi connectivity index (χ0v) is 19.6. The van der Waals surface area contributed by atoms with Crippen LogP contribution in [0.5, 0.6) is 0 Å². The van der Waals surface area contributed by atoms with Gasteiger partial charge in [0.05, 0.1) is 11.3 Å². The molecule has 3 aromatic rings. The normalized spacial score (nSPS) is 11.4. The zero-order chi connectivity index (χ0) is 23.3. The van der Waals surface area contributed by atoms with Crippen LogP contribution in [0.25, 0.3) is 11.1 Å². The number of aromatic nitrogens is 2. The quantitative estimate of drug-likeness (QED) is 0.334. The molecule has 1 aromatic heterocycles. The molecule has 0 bridgehead atoms. The van der Waals surface area contributed by atoms with Crippen LogP contribution >= 0.6 is 0 Å². The number of benzene rings is 2. The van der Waals surface area contributed by atoms with Crippen molar-refractivity contribution in [1.82, 2.24) is 9.78 Å². The fourth-order valence-electron chi connectivity index (χ4n) is 3.78. The van der Waals surface area contributed by atoms with Crippen molar-refractivity contribution in [3.05, 3.63) is 76.6 Å². The van der Waals surface area contributed by atoms with Crippen LogP contribution in [0.3, 0.4) is 0 Å². The van der Waals surface area contributed by atoms with Crippen LogP contribution in [-0.2, 0) is 24.6 Å². The summed E-state index contributed by atoms with van der Waals surface area (Å²) in [4.78, 5) is 24.4. The standard InChI is InChI=1S/C27H32N2O3/c1-6-7-12-24-23(25(18-30)29(5)28-24)17-19-13-15-20(16-14-19)21-10-8-9-11-22(21)26(31)32-27(2,3)4/h8-11,13-16,18H,6-7,12,17H2,1-5H3. The van der Waals surface area contributed by atoms with Gasteiger partial charge in [0.25, 0.3) is 0 Å². The minimum absolute atomic E-state index is 0.330. The van der Waals surface area contributed by atoms with E-state index in [1.165, 1.54) is 0 Å². The van der Waals surface area contributed by atoms with E-state index in [1.54, 1.807) is 10.7 Å². The predicted octanol–water partition coefficient (Wildman–Crippen LogP) is 5.79. The predicted molar refractivity (Wildman–Crippen MR) is 127 cm³/mol. The number of carbonyl (C=O) groups excluding carboxylic acids is 2. The Morgan fingerprint density at radius 3 is 2.41 bits per heavy atom. The number of aldehydes is 1. The van der Waals surface area contributed by atoms with Crippen LogP contribution in [0.1, 0.15) is 78.2 Å². The van der Waals surface area contributed by atoms with Crippen molar-refractivity contribution in [2.45, 2.75) is 59.0 Å². The third-order valence-corrected chi connectivity index (χ3v) is 5.35. The van der Waals surface area contributed by atoms with Crippen molar-refractivity contribution in [3.63, 3.8) is 0 Å². The second kappa shape index (κ2) is 9.94. The molecule has 2 aromatic carbocycles. The van der Waals surface area contributed by atoms with E-state index in [-0.39, 0.29) is 5.97 Å². The molecule has 0 fully saturated rings. The third-order valence-electron chi connectivity index (χ3n) is 5.35. The smallest absolute Gasteiger partial charge is 0.339 e. The Bertz CT molecular complexity index is 1090. The molecule has 3 rings (SSSR count). The molecule has 0 atom stereocenters. The molecule has 1 heterocycles. The summed E-state index contributed by atoms with van der Waals surface area (Å²) >= 11 is 0. The lowest BCUT2D eigenvalue weighted by Gasteiger charge is -2.20. The molecule has 0 aliphatic rings. The maximum absolute atomic E-state index is 12.7. The number of hydrogen-bond acceptors (Lipinski definition) is 4. The summed E-state index contributed by atoms with van der Waals surface area (Å²) in [6.45, 7) is 7.74. The number of unbranched alkanes of at least 4 members (excludes halogenated alkanes) is 1. The molecule has 5 heteroatoms. The molecule has 32 heavy (non-hydrogen) atoms. The third kappa shape index (κ3) is 5.52. The second-order valence-corrected chi connectivity index (χ2v) is 9.08. The number of esters is 1. The molecule has 168 valence electrons. The molecule has 0 radical (unpaired) electrons. The summed E-state index contributed by atoms with van der Waals surface area (Å²) in [7, 11) is 1.82. The van der Waals surface area contributed by atoms with E-state index >= 15 is 0 Å². The van der Waals surface area contributed by atoms with E-state index in [0.717, 1.165) is 53.5 Å². The Kier molecular flexibility index (Phi) is 7.29. The van der Waals surface area contributed by atoms with Gasteiger partial charge in [-0.2, -0.15) is 5.10 Å². The molecule has 0 amide bonds. The van der Waals surface area contributed by atoms with E-state index in [0.29, 0.717) is 17.7 Å². The Morgan fingerprint density at radius 2 is 1.78 bits per heavy atom. The lowest BCUT2D eigenvalue weighted by atomic mass is 9.96. The van der Waals surface area contributed by atoms with Crippen molar-refractivity contribution in [2.75, 3.05) is 0 Å². The maximum atomic E-state index is 12.7. The van der Waals surface area contributed by atoms with Gasteiger partial charge in [-0.25, -0.2) is 4.79 Å². The summed E-state index contributed by atoms with van der Waals surface area (Å²) in [5.41, 5.74) is 5.51. The Morgan fingerprint density at radius 1 is 1.09 bits per heavy atom. The number of ether oxygens (including phenoxy) is 1. The number of nitrogens with zero attached hydrogens (tertiary/aromatic N) is 2. The summed E-state index contributed by atoms with van der Waals surface area (Å²) in [5, 5.41) is 4.57. The molecular weight excluding hydrogens is 400 g/mol. The average molecular weight is 433 g/mol. The Balaban J connectivity index is 1.88. The van der Waals surface area contributed by atoms with Gasteiger partial charge in [0.1, 0.15) is 11.3 Å². The molecule has 0 spiro atoms. The molecule has 0 aliphatic carbocycles. The van der Waals surface area contributed by atoms with Crippen LogP contribution in [-0.4, -0.2) is 27.6 Å². The summed E-state index contributed by atoms with van der Waals surface area (Å²) < 4.78 is 7.26. The van der Waals surface area contributed by atoms with Gasteiger partial charge in [0.15, 0.2) is 6.29 Å². The van der Waals surface area contributed by atoms with Crippen molar-refractivity contribution in [3.8, 4) is 11.1 Å². The largest absolute Gasteiger partial charge is 0.456 e. The van der Waals surface area contributed by atoms with Crippen LogP contribution in [0, 0.1) is 0 Å². The molecule has 5 nitrogen and oxygen atoms in total. The maximum Gasteiger partial charge on any atom is 0.339 e. The van der Waals surface area contributed by atoms with Gasteiger partial charge in [0, 0.05) is 19.0 Å². The topological polar surface area (TPSA) is 61.2 Å². The summed E-state index contributed by atoms with van der Waals surface area (Å²) in [6, 6.07) is 15.6. The average Bonchev–Trinajstić information content (AvgIpc) is 3.05. The number of carbonyl (C=O) groups is 2. The van der Waals surface area contributed by atoms with Crippen molar-refractivity contribution in [1.29, 1.82) is 0 Å². The molecule has 0 aliphatic heterocycles. The van der Waals surface area contributed by atoms with Crippen molar-refractivity contribution < 1.29 is 14.3 Å². The van der Waals surface area contributed by atoms with Gasteiger partial charge in [-0.3, -0.25) is 9.48 Å². The lowest BCUT2D eigenvalue weighted by Crippen LogP contribution is -2.24. The first-order valence-electron chi connectivity index (χ1n) is 11.1. The van der Waals surface area contributed by atoms with Crippen LogP contribution in [0.4, 0.5) is 0 Å². The first-order valence-corrected chi connectivity index (χ1v) is 11.1. The van der Waals surface area contributed by atoms with Gasteiger partial charge in [-0.1, -0.05) is 55.8 Å². The van der Waals surface area contributed by atoms with Gasteiger partial charge >= 0.3 is 5.97 Å². The fraction of sp³-hybridized carbons (Fsp3) is 0.370. The van der Waals surface area contributed by atoms with E-state index in [1.807, 2.05) is 70.3 Å². The van der Waals surface area contributed by atoms with Crippen molar-refractivity contribution in [2.24, 2.45) is 7.05 Å². The minimum atomic E-state index is -0.552. The number of aryl methyl sites for hydroxylation is 2. The van der Waals surface area contributed by atoms with E-state index in [9.17, 15) is 9.59 Å². The molecule has 0 saturated carbocycles. The molecular formula is C27H32N2O3. The molecule has 0 N–H and O–H groups in total. The van der Waals surface area contributed by atoms with E-state index in [2.05, 4.69) is 12.0 Å². The van der Waals surface area contributed by atoms with Crippen LogP contribution < -0.4 is 0 Å². The van der Waals surface area contributed by atoms with E-state index in [4.69, 9.17) is 4.74 Å². The number of hydrogen-bond donors (Lipinski definition) is 0. The minimum Gasteiger partial charge on any atom is -0.456 e. The second-order valence-electron chi connectivity index (χ2n) is 9.08. The van der Waals surface area contributed by atoms with Crippen molar-refractivity contribution >= 4 is 12.3 Å². The molecule has 0 saturated heterocycles. The van der Waals surface area contributed by atoms with Gasteiger partial charge < -0.3 is 4.74 Å². The Hall–Kier alpha value is -3.21. The first-order chi connectivity index (χ1) is 15.2. The highest BCUT2D eigenvalue weighted by molar-refractivity contribution is 5.97. The zero-order valence-electron chi connectivity index (χ0n) is 19.6. The van der Waals surface area contributed by atoms with E-state index < -0.39 is 5.60 Å². The van der Waals surface area contributed by atoms with Crippen LogP contribution in [0.15, 0.2) is 48.5 Å². The summed E-state index contributed by atoms with van der Waals surface area (Å²) in [5.74, 6) is -0.330. The SMILES string of the molecule is CCCCc1nn(C)c(C=O)c1Cc1ccc(-c2ccccc2C(=O)OC(C)(C)C)cc1. The monoisotopic (exact) mass is 432 g/mol. The first kappa shape index (κ1) is 23.5. The van der Waals surface area contributed by atoms with Crippen LogP contribution in [0.2, 0.25) is 0 Å². The van der Waals surface area contributed by atoms with Gasteiger partial charge in [0.2, 0.25) is 0 Å². The highest BCUT2D eigenvalue weighted by Crippen LogP contribution is 2.27. The van der Waals surface area contributed by atoms with Gasteiger partial charge in [-0.05, 0) is 56.4 Å². The fourth-order valence-corrected chi connectivity index (χ4v) is 3.78.